The van der Waals surface area contributed by atoms with E-state index in [4.69, 9.17) is 4.74 Å². The Labute approximate surface area is 217 Å². The standard InChI is InChI=1S/C27H24IN3O4/c1-3-6-17-7-5-8-21(24(17)32)25-29-23-14-11-19(28)16-22(23)27(34)31(25)30-26(33)18-9-12-20(13-10-18)35-15-4-2/h3-5,7-14,16,25,29,32H,1-2,6,15H2,(H,30,33). The zero-order valence-corrected chi connectivity index (χ0v) is 21.0. The lowest BCUT2D eigenvalue weighted by atomic mass is 10.0. The van der Waals surface area contributed by atoms with Gasteiger partial charge in [0.05, 0.1) is 5.56 Å². The van der Waals surface area contributed by atoms with Crippen LogP contribution in [0.25, 0.3) is 0 Å². The molecule has 1 heterocycles. The summed E-state index contributed by atoms with van der Waals surface area (Å²) >= 11 is 2.13. The van der Waals surface area contributed by atoms with Gasteiger partial charge >= 0.3 is 0 Å². The van der Waals surface area contributed by atoms with E-state index < -0.39 is 18.0 Å². The van der Waals surface area contributed by atoms with Gasteiger partial charge in [0.15, 0.2) is 6.17 Å². The third-order valence-corrected chi connectivity index (χ3v) is 6.17. The molecule has 0 saturated heterocycles. The molecule has 3 N–H and O–H groups in total. The zero-order valence-electron chi connectivity index (χ0n) is 18.8. The van der Waals surface area contributed by atoms with Crippen molar-refractivity contribution in [2.24, 2.45) is 0 Å². The van der Waals surface area contributed by atoms with E-state index in [1.54, 1.807) is 60.7 Å². The molecule has 35 heavy (non-hydrogen) atoms. The van der Waals surface area contributed by atoms with Crippen molar-refractivity contribution >= 4 is 40.1 Å². The largest absolute Gasteiger partial charge is 0.507 e. The average molecular weight is 581 g/mol. The van der Waals surface area contributed by atoms with Crippen LogP contribution >= 0.6 is 22.6 Å². The molecule has 8 heteroatoms. The summed E-state index contributed by atoms with van der Waals surface area (Å²) in [6.07, 6.45) is 2.95. The first kappa shape index (κ1) is 24.3. The van der Waals surface area contributed by atoms with Crippen LogP contribution in [0.5, 0.6) is 11.5 Å². The smallest absolute Gasteiger partial charge is 0.276 e. The molecule has 0 aliphatic carbocycles. The maximum Gasteiger partial charge on any atom is 0.276 e. The number of phenols is 1. The minimum Gasteiger partial charge on any atom is -0.507 e. The van der Waals surface area contributed by atoms with E-state index in [9.17, 15) is 14.7 Å². The number of fused-ring (bicyclic) bond motifs is 1. The summed E-state index contributed by atoms with van der Waals surface area (Å²) < 4.78 is 6.35. The molecule has 3 aromatic rings. The monoisotopic (exact) mass is 581 g/mol. The number of carbonyl (C=O) groups is 2. The fraction of sp³-hybridized carbons (Fsp3) is 0.111. The fourth-order valence-electron chi connectivity index (χ4n) is 3.79. The first-order chi connectivity index (χ1) is 16.9. The van der Waals surface area contributed by atoms with Crippen molar-refractivity contribution < 1.29 is 19.4 Å². The van der Waals surface area contributed by atoms with E-state index in [1.807, 2.05) is 12.1 Å². The van der Waals surface area contributed by atoms with Crippen LogP contribution in [0.1, 0.15) is 38.0 Å². The number of allylic oxidation sites excluding steroid dienone is 1. The number of phenolic OH excluding ortho intramolecular Hbond substituents is 1. The Morgan fingerprint density at radius 3 is 2.63 bits per heavy atom. The number of hydrazine groups is 1. The molecule has 0 saturated carbocycles. The summed E-state index contributed by atoms with van der Waals surface area (Å²) in [5, 5.41) is 15.5. The van der Waals surface area contributed by atoms with Crippen molar-refractivity contribution in [2.75, 3.05) is 11.9 Å². The van der Waals surface area contributed by atoms with Gasteiger partial charge in [-0.1, -0.05) is 36.9 Å². The summed E-state index contributed by atoms with van der Waals surface area (Å²) in [4.78, 5) is 26.7. The highest BCUT2D eigenvalue weighted by molar-refractivity contribution is 14.1. The quantitative estimate of drug-likeness (QED) is 0.251. The molecule has 3 aromatic carbocycles. The summed E-state index contributed by atoms with van der Waals surface area (Å²) in [5.74, 6) is -0.233. The maximum atomic E-state index is 13.6. The first-order valence-corrected chi connectivity index (χ1v) is 12.0. The van der Waals surface area contributed by atoms with Crippen molar-refractivity contribution in [1.29, 1.82) is 0 Å². The van der Waals surface area contributed by atoms with Crippen molar-refractivity contribution in [2.45, 2.75) is 12.6 Å². The van der Waals surface area contributed by atoms with E-state index in [0.29, 0.717) is 46.7 Å². The number of benzene rings is 3. The van der Waals surface area contributed by atoms with Gasteiger partial charge in [-0.2, -0.15) is 0 Å². The molecule has 0 spiro atoms. The van der Waals surface area contributed by atoms with Gasteiger partial charge in [-0.25, -0.2) is 5.01 Å². The molecular weight excluding hydrogens is 557 g/mol. The summed E-state index contributed by atoms with van der Waals surface area (Å²) in [5.41, 5.74) is 5.23. The second kappa shape index (κ2) is 10.6. The lowest BCUT2D eigenvalue weighted by Crippen LogP contribution is -2.53. The molecule has 1 aliphatic rings. The van der Waals surface area contributed by atoms with Gasteiger partial charge in [-0.05, 0) is 77.0 Å². The van der Waals surface area contributed by atoms with Crippen molar-refractivity contribution in [3.8, 4) is 11.5 Å². The van der Waals surface area contributed by atoms with Crippen LogP contribution in [-0.2, 0) is 6.42 Å². The SMILES string of the molecule is C=CCOc1ccc(C(=O)NN2C(=O)c3cc(I)ccc3NC2c2cccc(CC=C)c2O)cc1. The van der Waals surface area contributed by atoms with Gasteiger partial charge in [0.1, 0.15) is 18.1 Å². The van der Waals surface area contributed by atoms with Gasteiger partial charge in [0, 0.05) is 20.4 Å². The van der Waals surface area contributed by atoms with E-state index in [0.717, 1.165) is 3.57 Å². The van der Waals surface area contributed by atoms with E-state index in [-0.39, 0.29) is 5.75 Å². The van der Waals surface area contributed by atoms with Gasteiger partial charge < -0.3 is 15.2 Å². The molecule has 1 aliphatic heterocycles. The topological polar surface area (TPSA) is 90.9 Å². The molecule has 7 nitrogen and oxygen atoms in total. The predicted octanol–water partition coefficient (Wildman–Crippen LogP) is 5.20. The van der Waals surface area contributed by atoms with Crippen molar-refractivity contribution in [3.63, 3.8) is 0 Å². The van der Waals surface area contributed by atoms with Crippen LogP contribution in [0.4, 0.5) is 5.69 Å². The van der Waals surface area contributed by atoms with Crippen molar-refractivity contribution in [3.05, 3.63) is 112 Å². The number of ether oxygens (including phenoxy) is 1. The van der Waals surface area contributed by atoms with E-state index in [2.05, 4.69) is 46.5 Å². The molecule has 1 unspecified atom stereocenters. The number of para-hydroxylation sites is 1. The normalized spacial score (nSPS) is 14.5. The third-order valence-electron chi connectivity index (χ3n) is 5.50. The van der Waals surface area contributed by atoms with Crippen LogP contribution in [0.3, 0.4) is 0 Å². The van der Waals surface area contributed by atoms with Crippen LogP contribution < -0.4 is 15.5 Å². The Balaban J connectivity index is 1.69. The zero-order chi connectivity index (χ0) is 24.9. The minimum absolute atomic E-state index is 0.0367. The number of carbonyl (C=O) groups excluding carboxylic acids is 2. The Kier molecular flexibility index (Phi) is 7.40. The van der Waals surface area contributed by atoms with Gasteiger partial charge in [0.25, 0.3) is 11.8 Å². The van der Waals surface area contributed by atoms with Crippen LogP contribution in [0.2, 0.25) is 0 Å². The molecule has 178 valence electrons. The van der Waals surface area contributed by atoms with E-state index in [1.165, 1.54) is 5.01 Å². The molecule has 1 atom stereocenters. The van der Waals surface area contributed by atoms with Crippen LogP contribution in [0.15, 0.2) is 86.0 Å². The molecule has 4 rings (SSSR count). The Morgan fingerprint density at radius 2 is 1.91 bits per heavy atom. The number of aromatic hydroxyl groups is 1. The molecule has 0 radical (unpaired) electrons. The highest BCUT2D eigenvalue weighted by Crippen LogP contribution is 2.37. The Morgan fingerprint density at radius 1 is 1.14 bits per heavy atom. The first-order valence-electron chi connectivity index (χ1n) is 10.9. The summed E-state index contributed by atoms with van der Waals surface area (Å²) in [7, 11) is 0. The number of nitrogens with zero attached hydrogens (tertiary/aromatic N) is 1. The maximum absolute atomic E-state index is 13.6. The highest BCUT2D eigenvalue weighted by atomic mass is 127. The highest BCUT2D eigenvalue weighted by Gasteiger charge is 2.36. The molecule has 2 amide bonds. The summed E-state index contributed by atoms with van der Waals surface area (Å²) in [6.45, 7) is 7.71. The number of rotatable bonds is 8. The van der Waals surface area contributed by atoms with Crippen LogP contribution in [0, 0.1) is 3.57 Å². The van der Waals surface area contributed by atoms with Gasteiger partial charge in [-0.15, -0.1) is 6.58 Å². The minimum atomic E-state index is -0.834. The molecule has 0 aromatic heterocycles. The Bertz CT molecular complexity index is 1290. The lowest BCUT2D eigenvalue weighted by Gasteiger charge is -2.38. The second-order valence-electron chi connectivity index (χ2n) is 7.82. The number of nitrogens with one attached hydrogen (secondary N) is 2. The van der Waals surface area contributed by atoms with Gasteiger partial charge in [0.2, 0.25) is 0 Å². The molecule has 0 fully saturated rings. The molecular formula is C27H24IN3O4. The van der Waals surface area contributed by atoms with E-state index >= 15 is 0 Å². The lowest BCUT2D eigenvalue weighted by molar-refractivity contribution is 0.0488. The number of anilines is 1. The Hall–Kier alpha value is -3.79. The second-order valence-corrected chi connectivity index (χ2v) is 9.07. The third kappa shape index (κ3) is 5.17. The van der Waals surface area contributed by atoms with Gasteiger partial charge in [-0.3, -0.25) is 15.0 Å². The fourth-order valence-corrected chi connectivity index (χ4v) is 4.29. The van der Waals surface area contributed by atoms with Crippen molar-refractivity contribution in [1.82, 2.24) is 10.4 Å². The number of hydrogen-bond donors (Lipinski definition) is 3. The van der Waals surface area contributed by atoms with Crippen LogP contribution in [-0.4, -0.2) is 28.5 Å². The number of hydrogen-bond acceptors (Lipinski definition) is 5. The number of halogens is 1. The average Bonchev–Trinajstić information content (AvgIpc) is 2.86. The summed E-state index contributed by atoms with van der Waals surface area (Å²) in [6, 6.07) is 17.3. The predicted molar refractivity (Wildman–Crippen MR) is 143 cm³/mol. The number of amides is 2. The molecule has 0 bridgehead atoms.